The van der Waals surface area contributed by atoms with Gasteiger partial charge < -0.3 is 9.13 Å². The first-order chi connectivity index (χ1) is 31.2. The van der Waals surface area contributed by atoms with Crippen molar-refractivity contribution in [2.45, 2.75) is 6.42 Å². The normalized spacial score (nSPS) is 14.4. The van der Waals surface area contributed by atoms with E-state index in [1.54, 1.807) is 0 Å². The van der Waals surface area contributed by atoms with Gasteiger partial charge in [-0.05, 0) is 134 Å². The van der Waals surface area contributed by atoms with Gasteiger partial charge in [0, 0.05) is 32.9 Å². The first-order valence-electron chi connectivity index (χ1n) is 21.7. The van der Waals surface area contributed by atoms with E-state index in [1.165, 1.54) is 98.9 Å². The molecule has 0 N–H and O–H groups in total. The summed E-state index contributed by atoms with van der Waals surface area (Å²) in [6.07, 6.45) is 13.7. The fourth-order valence-corrected chi connectivity index (χ4v) is 9.88. The number of benzene rings is 9. The molecule has 12 rings (SSSR count). The lowest BCUT2D eigenvalue weighted by molar-refractivity contribution is 1.18. The lowest BCUT2D eigenvalue weighted by atomic mass is 9.89. The summed E-state index contributed by atoms with van der Waals surface area (Å²) in [5, 5.41) is 7.51. The van der Waals surface area contributed by atoms with Crippen LogP contribution in [0.4, 0.5) is 0 Å². The average Bonchev–Trinajstić information content (AvgIpc) is 3.86. The van der Waals surface area contributed by atoms with Gasteiger partial charge in [0.1, 0.15) is 0 Å². The van der Waals surface area contributed by atoms with Crippen LogP contribution in [0.1, 0.15) is 11.1 Å². The van der Waals surface area contributed by atoms with Gasteiger partial charge in [0.25, 0.3) is 0 Å². The lowest BCUT2D eigenvalue weighted by Crippen LogP contribution is -1.96. The third-order valence-corrected chi connectivity index (χ3v) is 12.9. The summed E-state index contributed by atoms with van der Waals surface area (Å²) in [4.78, 5) is 0. The molecule has 2 nitrogen and oxygen atoms in total. The number of hydrogen-bond acceptors (Lipinski definition) is 0. The SMILES string of the molecule is C=C1/C=C\C=C/Cc2c(cc(-c3cccc(-n4c5ccccc5c5cc(-c6ccc7c(c6)c6ccccc6n7-c6ccc(-c7ccccc7)cc6)ccc54)c3)c3ccccc23)/C=C\1. The third-order valence-electron chi connectivity index (χ3n) is 12.9. The Labute approximate surface area is 366 Å². The van der Waals surface area contributed by atoms with E-state index < -0.39 is 0 Å². The Morgan fingerprint density at radius 1 is 0.349 bits per heavy atom. The minimum atomic E-state index is 0.863. The maximum atomic E-state index is 4.25. The van der Waals surface area contributed by atoms with Crippen molar-refractivity contribution in [1.82, 2.24) is 9.13 Å². The molecule has 0 saturated heterocycles. The molecule has 2 aromatic heterocycles. The Kier molecular flexibility index (Phi) is 8.76. The van der Waals surface area contributed by atoms with Crippen molar-refractivity contribution in [3.63, 3.8) is 0 Å². The molecular weight excluding hydrogens is 761 g/mol. The van der Waals surface area contributed by atoms with E-state index in [9.17, 15) is 0 Å². The highest BCUT2D eigenvalue weighted by Gasteiger charge is 2.18. The predicted molar refractivity (Wildman–Crippen MR) is 269 cm³/mol. The summed E-state index contributed by atoms with van der Waals surface area (Å²) in [6, 6.07) is 71.3. The molecule has 2 heteroatoms. The Morgan fingerprint density at radius 3 is 1.60 bits per heavy atom. The van der Waals surface area contributed by atoms with Crippen LogP contribution in [0.25, 0.3) is 105 Å². The summed E-state index contributed by atoms with van der Waals surface area (Å²) in [6.45, 7) is 4.25. The summed E-state index contributed by atoms with van der Waals surface area (Å²) in [7, 11) is 0. The minimum absolute atomic E-state index is 0.863. The molecule has 11 aromatic rings. The van der Waals surface area contributed by atoms with Crippen LogP contribution in [0.5, 0.6) is 0 Å². The minimum Gasteiger partial charge on any atom is -0.309 e. The van der Waals surface area contributed by atoms with E-state index >= 15 is 0 Å². The molecule has 0 bridgehead atoms. The topological polar surface area (TPSA) is 9.86 Å². The lowest BCUT2D eigenvalue weighted by Gasteiger charge is -2.16. The maximum absolute atomic E-state index is 4.25. The molecule has 0 saturated carbocycles. The molecule has 1 aliphatic rings. The largest absolute Gasteiger partial charge is 0.309 e. The van der Waals surface area contributed by atoms with Gasteiger partial charge in [-0.1, -0.05) is 170 Å². The monoisotopic (exact) mass is 802 g/mol. The van der Waals surface area contributed by atoms with Crippen molar-refractivity contribution in [3.8, 4) is 44.8 Å². The van der Waals surface area contributed by atoms with Crippen LogP contribution < -0.4 is 0 Å². The highest BCUT2D eigenvalue weighted by molar-refractivity contribution is 6.13. The van der Waals surface area contributed by atoms with Crippen LogP contribution in [0.3, 0.4) is 0 Å². The highest BCUT2D eigenvalue weighted by atomic mass is 15.0. The molecule has 0 amide bonds. The number of para-hydroxylation sites is 2. The van der Waals surface area contributed by atoms with Crippen molar-refractivity contribution in [2.75, 3.05) is 0 Å². The molecule has 9 aromatic carbocycles. The molecule has 1 aliphatic carbocycles. The second-order valence-electron chi connectivity index (χ2n) is 16.6. The summed E-state index contributed by atoms with van der Waals surface area (Å²) in [5.41, 5.74) is 17.9. The quantitative estimate of drug-likeness (QED) is 0.164. The predicted octanol–water partition coefficient (Wildman–Crippen LogP) is 16.3. The third kappa shape index (κ3) is 6.26. The highest BCUT2D eigenvalue weighted by Crippen LogP contribution is 2.40. The van der Waals surface area contributed by atoms with Crippen LogP contribution in [0.15, 0.2) is 237 Å². The number of aromatic nitrogens is 2. The van der Waals surface area contributed by atoms with Crippen molar-refractivity contribution < 1.29 is 0 Å². The Balaban J connectivity index is 0.966. The molecular formula is C61H42N2. The van der Waals surface area contributed by atoms with E-state index in [1.807, 2.05) is 0 Å². The van der Waals surface area contributed by atoms with Gasteiger partial charge in [-0.25, -0.2) is 0 Å². The van der Waals surface area contributed by atoms with Crippen LogP contribution in [0, 0.1) is 0 Å². The number of rotatable bonds is 5. The van der Waals surface area contributed by atoms with Crippen LogP contribution >= 0.6 is 0 Å². The molecule has 0 unspecified atom stereocenters. The van der Waals surface area contributed by atoms with Gasteiger partial charge in [-0.3, -0.25) is 0 Å². The molecule has 2 heterocycles. The average molecular weight is 803 g/mol. The number of allylic oxidation sites excluding steroid dienone is 6. The van der Waals surface area contributed by atoms with Gasteiger partial charge in [0.15, 0.2) is 0 Å². The Hall–Kier alpha value is -8.20. The number of nitrogens with zero attached hydrogens (tertiary/aromatic N) is 2. The zero-order valence-corrected chi connectivity index (χ0v) is 34.7. The van der Waals surface area contributed by atoms with Gasteiger partial charge in [-0.2, -0.15) is 0 Å². The molecule has 0 radical (unpaired) electrons. The van der Waals surface area contributed by atoms with Crippen molar-refractivity contribution >= 4 is 60.5 Å². The van der Waals surface area contributed by atoms with Crippen molar-refractivity contribution in [1.29, 1.82) is 0 Å². The van der Waals surface area contributed by atoms with E-state index in [2.05, 4.69) is 246 Å². The van der Waals surface area contributed by atoms with Crippen molar-refractivity contribution in [3.05, 3.63) is 248 Å². The fraction of sp³-hybridized carbons (Fsp3) is 0.0164. The molecule has 0 atom stereocenters. The van der Waals surface area contributed by atoms with Crippen LogP contribution in [-0.2, 0) is 6.42 Å². The van der Waals surface area contributed by atoms with E-state index in [0.29, 0.717) is 0 Å². The standard InChI is InChI=1S/C61H42N2/c1-41-15-4-2-7-20-50-47(28-27-41)40-55(52-22-9-8-21-51(50)52)46-18-14-19-49(37-46)63-59-26-13-11-24-54(59)57-39-45(32-36-61(57)63)44-31-35-60-56(38-44)53-23-10-12-25-58(53)62(60)48-33-29-43(30-34-48)42-16-5-3-6-17-42/h2-19,21-40H,1,20H2/b7-2-,15-4-,28-27-. The van der Waals surface area contributed by atoms with Gasteiger partial charge >= 0.3 is 0 Å². The maximum Gasteiger partial charge on any atom is 0.0541 e. The van der Waals surface area contributed by atoms with Crippen LogP contribution in [0.2, 0.25) is 0 Å². The summed E-state index contributed by atoms with van der Waals surface area (Å²) in [5.74, 6) is 0. The fourth-order valence-electron chi connectivity index (χ4n) is 9.88. The summed E-state index contributed by atoms with van der Waals surface area (Å²) < 4.78 is 4.83. The summed E-state index contributed by atoms with van der Waals surface area (Å²) >= 11 is 0. The van der Waals surface area contributed by atoms with Crippen molar-refractivity contribution in [2.24, 2.45) is 0 Å². The van der Waals surface area contributed by atoms with E-state index in [-0.39, 0.29) is 0 Å². The molecule has 0 spiro atoms. The second-order valence-corrected chi connectivity index (χ2v) is 16.6. The number of hydrogen-bond donors (Lipinski definition) is 0. The molecule has 63 heavy (non-hydrogen) atoms. The molecule has 0 aliphatic heterocycles. The van der Waals surface area contributed by atoms with Crippen LogP contribution in [-0.4, -0.2) is 9.13 Å². The van der Waals surface area contributed by atoms with Gasteiger partial charge in [0.2, 0.25) is 0 Å². The van der Waals surface area contributed by atoms with Gasteiger partial charge in [-0.15, -0.1) is 0 Å². The van der Waals surface area contributed by atoms with E-state index in [0.717, 1.165) is 23.4 Å². The Bertz CT molecular complexity index is 3700. The Morgan fingerprint density at radius 2 is 0.905 bits per heavy atom. The zero-order valence-electron chi connectivity index (χ0n) is 34.7. The first-order valence-corrected chi connectivity index (χ1v) is 21.7. The zero-order chi connectivity index (χ0) is 41.9. The van der Waals surface area contributed by atoms with E-state index in [4.69, 9.17) is 0 Å². The molecule has 296 valence electrons. The smallest absolute Gasteiger partial charge is 0.0541 e. The molecule has 0 fully saturated rings. The number of fused-ring (bicyclic) bond motifs is 9. The van der Waals surface area contributed by atoms with Gasteiger partial charge in [0.05, 0.1) is 22.1 Å². The second kappa shape index (κ2) is 15.1. The first kappa shape index (κ1) is 36.6.